The standard InChI is InChI=1S/C31H25F6N5O3/c32-19-9-16(10-20(33)12-19)8-18(28-22(2-1-7-39-28)17-3-6-25(34)24(11-17)30(38)45)14-40-27(44)15-42-26-13-21(43)4-5-23(26)29(41-42)31(35,36)37/h1-3,6-7,9-12,18H,4-5,8,13-15H2,(H2,38,45)(H,40,44). The normalized spacial score (nSPS) is 13.8. The number of nitrogens with one attached hydrogen (secondary N) is 1. The average Bonchev–Trinajstić information content (AvgIpc) is 3.32. The zero-order chi connectivity index (χ0) is 32.5. The van der Waals surface area contributed by atoms with Crippen molar-refractivity contribution in [1.29, 1.82) is 0 Å². The quantitative estimate of drug-likeness (QED) is 0.261. The van der Waals surface area contributed by atoms with Crippen LogP contribution in [0.2, 0.25) is 0 Å². The summed E-state index contributed by atoms with van der Waals surface area (Å²) in [6, 6.07) is 9.77. The summed E-state index contributed by atoms with van der Waals surface area (Å²) in [6.07, 6.45) is -3.88. The van der Waals surface area contributed by atoms with Gasteiger partial charge in [0.05, 0.1) is 17.0 Å². The number of fused-ring (bicyclic) bond motifs is 1. The van der Waals surface area contributed by atoms with E-state index in [0.29, 0.717) is 22.9 Å². The number of halogens is 6. The van der Waals surface area contributed by atoms with Crippen molar-refractivity contribution in [2.75, 3.05) is 6.54 Å². The molecule has 0 saturated heterocycles. The molecule has 0 aliphatic heterocycles. The van der Waals surface area contributed by atoms with E-state index in [1.54, 1.807) is 12.1 Å². The molecule has 234 valence electrons. The lowest BCUT2D eigenvalue weighted by atomic mass is 9.89. The van der Waals surface area contributed by atoms with Gasteiger partial charge in [-0.1, -0.05) is 12.1 Å². The Morgan fingerprint density at radius 1 is 1.02 bits per heavy atom. The van der Waals surface area contributed by atoms with E-state index in [-0.39, 0.29) is 60.4 Å². The smallest absolute Gasteiger partial charge is 0.366 e. The van der Waals surface area contributed by atoms with Crippen LogP contribution in [0, 0.1) is 17.5 Å². The molecule has 4 aromatic rings. The van der Waals surface area contributed by atoms with Crippen LogP contribution in [-0.4, -0.2) is 38.9 Å². The zero-order valence-electron chi connectivity index (χ0n) is 23.4. The fourth-order valence-corrected chi connectivity index (χ4v) is 5.47. The Morgan fingerprint density at radius 3 is 2.44 bits per heavy atom. The number of amides is 2. The van der Waals surface area contributed by atoms with E-state index in [1.165, 1.54) is 18.3 Å². The molecule has 0 bridgehead atoms. The summed E-state index contributed by atoms with van der Waals surface area (Å²) in [7, 11) is 0. The van der Waals surface area contributed by atoms with E-state index in [9.17, 15) is 40.7 Å². The number of alkyl halides is 3. The number of pyridine rings is 1. The third kappa shape index (κ3) is 7.05. The predicted octanol–water partition coefficient (Wildman–Crippen LogP) is 4.68. The Labute approximate surface area is 252 Å². The summed E-state index contributed by atoms with van der Waals surface area (Å²) in [5.74, 6) is -5.30. The summed E-state index contributed by atoms with van der Waals surface area (Å²) in [4.78, 5) is 41.3. The highest BCUT2D eigenvalue weighted by atomic mass is 19.4. The van der Waals surface area contributed by atoms with Crippen LogP contribution in [-0.2, 0) is 41.6 Å². The lowest BCUT2D eigenvalue weighted by Crippen LogP contribution is -2.33. The minimum Gasteiger partial charge on any atom is -0.366 e. The number of ketones is 1. The highest BCUT2D eigenvalue weighted by Crippen LogP contribution is 2.35. The van der Waals surface area contributed by atoms with Crippen molar-refractivity contribution >= 4 is 17.6 Å². The molecule has 1 atom stereocenters. The molecule has 2 amide bonds. The summed E-state index contributed by atoms with van der Waals surface area (Å²) in [5, 5.41) is 6.24. The third-order valence-corrected chi connectivity index (χ3v) is 7.46. The average molecular weight is 630 g/mol. The first-order valence-electron chi connectivity index (χ1n) is 13.7. The molecule has 2 heterocycles. The molecule has 0 fully saturated rings. The molecule has 0 spiro atoms. The maximum Gasteiger partial charge on any atom is 0.435 e. The number of Topliss-reactive ketones (excluding diaryl/α,β-unsaturated/α-hetero) is 1. The van der Waals surface area contributed by atoms with Crippen LogP contribution >= 0.6 is 0 Å². The molecular formula is C31H25F6N5O3. The Bertz CT molecular complexity index is 1780. The largest absolute Gasteiger partial charge is 0.435 e. The van der Waals surface area contributed by atoms with E-state index in [4.69, 9.17) is 5.73 Å². The number of hydrogen-bond donors (Lipinski definition) is 2. The zero-order valence-corrected chi connectivity index (χ0v) is 23.4. The van der Waals surface area contributed by atoms with Crippen LogP contribution in [0.3, 0.4) is 0 Å². The van der Waals surface area contributed by atoms with Gasteiger partial charge in [-0.25, -0.2) is 13.2 Å². The molecule has 45 heavy (non-hydrogen) atoms. The molecule has 1 unspecified atom stereocenters. The van der Waals surface area contributed by atoms with Gasteiger partial charge in [0.1, 0.15) is 29.8 Å². The Morgan fingerprint density at radius 2 is 1.76 bits per heavy atom. The summed E-state index contributed by atoms with van der Waals surface area (Å²) in [6.45, 7) is -0.818. The molecule has 14 heteroatoms. The minimum atomic E-state index is -4.78. The van der Waals surface area contributed by atoms with Gasteiger partial charge in [-0.3, -0.25) is 24.0 Å². The lowest BCUT2D eigenvalue weighted by Gasteiger charge is -2.21. The second kappa shape index (κ2) is 12.5. The van der Waals surface area contributed by atoms with Crippen molar-refractivity contribution < 1.29 is 40.7 Å². The van der Waals surface area contributed by atoms with Crippen LogP contribution in [0.15, 0.2) is 54.7 Å². The van der Waals surface area contributed by atoms with Gasteiger partial charge < -0.3 is 11.1 Å². The SMILES string of the molecule is NC(=O)c1cc(-c2cccnc2C(CNC(=O)Cn2nc(C(F)(F)F)c3c2CC(=O)CC3)Cc2cc(F)cc(F)c2)ccc1F. The first-order valence-corrected chi connectivity index (χ1v) is 13.7. The molecule has 2 aromatic carbocycles. The van der Waals surface area contributed by atoms with E-state index in [2.05, 4.69) is 15.4 Å². The Balaban J connectivity index is 1.46. The van der Waals surface area contributed by atoms with Crippen molar-refractivity contribution in [3.63, 3.8) is 0 Å². The van der Waals surface area contributed by atoms with Crippen LogP contribution in [0.4, 0.5) is 26.3 Å². The number of rotatable bonds is 9. The van der Waals surface area contributed by atoms with Crippen LogP contribution in [0.1, 0.15) is 50.9 Å². The monoisotopic (exact) mass is 629 g/mol. The maximum atomic E-state index is 14.2. The first kappa shape index (κ1) is 31.4. The van der Waals surface area contributed by atoms with E-state index < -0.39 is 53.6 Å². The molecule has 1 aliphatic carbocycles. The fourth-order valence-electron chi connectivity index (χ4n) is 5.47. The highest BCUT2D eigenvalue weighted by Gasteiger charge is 2.40. The van der Waals surface area contributed by atoms with Gasteiger partial charge in [-0.15, -0.1) is 0 Å². The van der Waals surface area contributed by atoms with Crippen molar-refractivity contribution in [2.45, 2.75) is 44.3 Å². The molecule has 2 aromatic heterocycles. The number of nitrogens with two attached hydrogens (primary N) is 1. The molecule has 5 rings (SSSR count). The number of primary amides is 1. The summed E-state index contributed by atoms with van der Waals surface area (Å²) in [5.41, 5.74) is 4.98. The van der Waals surface area contributed by atoms with E-state index >= 15 is 0 Å². The number of carbonyl (C=O) groups is 3. The number of benzene rings is 2. The summed E-state index contributed by atoms with van der Waals surface area (Å²) >= 11 is 0. The van der Waals surface area contributed by atoms with Crippen molar-refractivity contribution in [2.24, 2.45) is 5.73 Å². The summed E-state index contributed by atoms with van der Waals surface area (Å²) < 4.78 is 84.1. The van der Waals surface area contributed by atoms with Gasteiger partial charge in [0.25, 0.3) is 5.91 Å². The van der Waals surface area contributed by atoms with E-state index in [1.807, 2.05) is 0 Å². The second-order valence-electron chi connectivity index (χ2n) is 10.6. The van der Waals surface area contributed by atoms with Gasteiger partial charge in [-0.05, 0) is 54.3 Å². The number of carbonyl (C=O) groups excluding carboxylic acids is 3. The van der Waals surface area contributed by atoms with Gasteiger partial charge in [0, 0.05) is 48.7 Å². The number of hydrogen-bond acceptors (Lipinski definition) is 5. The van der Waals surface area contributed by atoms with Crippen LogP contribution in [0.5, 0.6) is 0 Å². The predicted molar refractivity (Wildman–Crippen MR) is 148 cm³/mol. The van der Waals surface area contributed by atoms with Crippen LogP contribution < -0.4 is 11.1 Å². The molecule has 8 nitrogen and oxygen atoms in total. The van der Waals surface area contributed by atoms with Crippen molar-refractivity contribution in [1.82, 2.24) is 20.1 Å². The minimum absolute atomic E-state index is 0.0223. The van der Waals surface area contributed by atoms with Gasteiger partial charge in [-0.2, -0.15) is 18.3 Å². The molecule has 1 aliphatic rings. The van der Waals surface area contributed by atoms with Gasteiger partial charge >= 0.3 is 6.18 Å². The maximum absolute atomic E-state index is 14.2. The third-order valence-electron chi connectivity index (χ3n) is 7.46. The number of nitrogens with zero attached hydrogens (tertiary/aromatic N) is 3. The molecule has 3 N–H and O–H groups in total. The van der Waals surface area contributed by atoms with Gasteiger partial charge in [0.15, 0.2) is 5.69 Å². The molecule has 0 radical (unpaired) electrons. The van der Waals surface area contributed by atoms with Crippen molar-refractivity contribution in [3.8, 4) is 11.1 Å². The molecular weight excluding hydrogens is 604 g/mol. The highest BCUT2D eigenvalue weighted by molar-refractivity contribution is 5.94. The lowest BCUT2D eigenvalue weighted by molar-refractivity contribution is -0.142. The van der Waals surface area contributed by atoms with Crippen molar-refractivity contribution in [3.05, 3.63) is 106 Å². The Kier molecular flexibility index (Phi) is 8.75. The topological polar surface area (TPSA) is 120 Å². The Hall–Kier alpha value is -5.01. The first-order chi connectivity index (χ1) is 21.3. The molecule has 0 saturated carbocycles. The fraction of sp³-hybridized carbons (Fsp3) is 0.258. The second-order valence-corrected chi connectivity index (χ2v) is 10.6. The van der Waals surface area contributed by atoms with Crippen LogP contribution in [0.25, 0.3) is 11.1 Å². The number of aromatic nitrogens is 3. The van der Waals surface area contributed by atoms with Gasteiger partial charge in [0.2, 0.25) is 5.91 Å². The van der Waals surface area contributed by atoms with E-state index in [0.717, 1.165) is 22.9 Å².